The minimum absolute atomic E-state index is 0.0568. The van der Waals surface area contributed by atoms with Gasteiger partial charge in [-0.05, 0) is 56.3 Å². The van der Waals surface area contributed by atoms with Gasteiger partial charge < -0.3 is 10.0 Å². The number of piperidine rings is 1. The highest BCUT2D eigenvalue weighted by Crippen LogP contribution is 2.32. The predicted molar refractivity (Wildman–Crippen MR) is 101 cm³/mol. The summed E-state index contributed by atoms with van der Waals surface area (Å²) in [5.74, 6) is -0.0444. The number of carbonyl (C=O) groups excluding carboxylic acids is 1. The first-order valence-corrected chi connectivity index (χ1v) is 9.86. The predicted octanol–water partition coefficient (Wildman–Crippen LogP) is 3.36. The smallest absolute Gasteiger partial charge is 0.317 e. The van der Waals surface area contributed by atoms with Crippen LogP contribution in [0.25, 0.3) is 0 Å². The minimum atomic E-state index is -0.802. The van der Waals surface area contributed by atoms with Gasteiger partial charge in [0.15, 0.2) is 0 Å². The first kappa shape index (κ1) is 18.9. The molecule has 1 aromatic rings. The molecule has 1 aliphatic carbocycles. The van der Waals surface area contributed by atoms with E-state index in [4.69, 9.17) is 5.11 Å². The molecule has 1 N–H and O–H groups in total. The molecule has 0 bridgehead atoms. The molecule has 0 radical (unpaired) electrons. The number of likely N-dealkylation sites (N-methyl/N-ethyl adjacent to an activating group) is 1. The highest BCUT2D eigenvalue weighted by atomic mass is 16.4. The van der Waals surface area contributed by atoms with Crippen molar-refractivity contribution in [2.75, 3.05) is 26.7 Å². The summed E-state index contributed by atoms with van der Waals surface area (Å²) >= 11 is 0. The summed E-state index contributed by atoms with van der Waals surface area (Å²) in [5.41, 5.74) is 2.14. The van der Waals surface area contributed by atoms with E-state index < -0.39 is 5.97 Å². The van der Waals surface area contributed by atoms with Gasteiger partial charge in [-0.15, -0.1) is 0 Å². The summed E-state index contributed by atoms with van der Waals surface area (Å²) in [6.45, 7) is 1.44. The molecule has 5 nitrogen and oxygen atoms in total. The molecule has 2 aliphatic rings. The zero-order chi connectivity index (χ0) is 18.5. The first-order chi connectivity index (χ1) is 12.5. The number of rotatable bonds is 5. The normalized spacial score (nSPS) is 19.7. The molecule has 1 amide bonds. The van der Waals surface area contributed by atoms with Gasteiger partial charge in [0.1, 0.15) is 0 Å². The molecular weight excluding hydrogens is 328 g/mol. The van der Waals surface area contributed by atoms with Gasteiger partial charge in [0.05, 0.1) is 6.54 Å². The van der Waals surface area contributed by atoms with Crippen molar-refractivity contribution in [1.29, 1.82) is 0 Å². The Morgan fingerprint density at radius 3 is 2.23 bits per heavy atom. The topological polar surface area (TPSA) is 60.9 Å². The molecule has 2 fully saturated rings. The van der Waals surface area contributed by atoms with Gasteiger partial charge in [0.25, 0.3) is 5.91 Å². The fraction of sp³-hybridized carbons (Fsp3) is 0.619. The second-order valence-corrected chi connectivity index (χ2v) is 7.79. The van der Waals surface area contributed by atoms with E-state index in [1.165, 1.54) is 37.7 Å². The van der Waals surface area contributed by atoms with Crippen LogP contribution in [0.2, 0.25) is 0 Å². The third-order valence-electron chi connectivity index (χ3n) is 5.99. The van der Waals surface area contributed by atoms with Gasteiger partial charge in [-0.3, -0.25) is 14.5 Å². The number of aliphatic carboxylic acids is 1. The van der Waals surface area contributed by atoms with E-state index in [0.717, 1.165) is 18.4 Å². The Morgan fingerprint density at radius 2 is 1.65 bits per heavy atom. The van der Waals surface area contributed by atoms with Crippen LogP contribution in [0.1, 0.15) is 66.8 Å². The maximum atomic E-state index is 12.8. The van der Waals surface area contributed by atoms with Crippen molar-refractivity contribution in [2.45, 2.75) is 56.9 Å². The number of benzene rings is 1. The van der Waals surface area contributed by atoms with Crippen molar-refractivity contribution in [3.8, 4) is 0 Å². The average Bonchev–Trinajstić information content (AvgIpc) is 2.68. The number of hydrogen-bond donors (Lipinski definition) is 1. The second kappa shape index (κ2) is 8.67. The zero-order valence-electron chi connectivity index (χ0n) is 15.7. The molecule has 0 spiro atoms. The van der Waals surface area contributed by atoms with Crippen molar-refractivity contribution >= 4 is 11.9 Å². The summed E-state index contributed by atoms with van der Waals surface area (Å²) in [4.78, 5) is 27.4. The molecule has 0 aromatic heterocycles. The summed E-state index contributed by atoms with van der Waals surface area (Å²) in [6.07, 6.45) is 8.18. The van der Waals surface area contributed by atoms with Crippen molar-refractivity contribution in [1.82, 2.24) is 9.80 Å². The van der Waals surface area contributed by atoms with Crippen LogP contribution in [0.15, 0.2) is 24.3 Å². The summed E-state index contributed by atoms with van der Waals surface area (Å²) in [6, 6.07) is 8.47. The Labute approximate surface area is 156 Å². The first-order valence-electron chi connectivity index (χ1n) is 9.86. The lowest BCUT2D eigenvalue weighted by atomic mass is 9.84. The van der Waals surface area contributed by atoms with E-state index in [9.17, 15) is 9.59 Å². The van der Waals surface area contributed by atoms with Crippen molar-refractivity contribution in [2.24, 2.45) is 0 Å². The molecule has 0 atom stereocenters. The molecule has 1 aliphatic heterocycles. The van der Waals surface area contributed by atoms with E-state index in [1.807, 2.05) is 29.0 Å². The summed E-state index contributed by atoms with van der Waals surface area (Å²) in [5, 5.41) is 8.91. The highest BCUT2D eigenvalue weighted by molar-refractivity contribution is 5.94. The van der Waals surface area contributed by atoms with Gasteiger partial charge in [0.2, 0.25) is 0 Å². The maximum absolute atomic E-state index is 12.8. The van der Waals surface area contributed by atoms with Crippen molar-refractivity contribution in [3.63, 3.8) is 0 Å². The highest BCUT2D eigenvalue weighted by Gasteiger charge is 2.26. The Morgan fingerprint density at radius 1 is 1.04 bits per heavy atom. The van der Waals surface area contributed by atoms with E-state index in [-0.39, 0.29) is 18.5 Å². The van der Waals surface area contributed by atoms with Gasteiger partial charge >= 0.3 is 5.97 Å². The number of carboxylic acids is 1. The fourth-order valence-corrected chi connectivity index (χ4v) is 4.37. The molecule has 1 aromatic carbocycles. The van der Waals surface area contributed by atoms with Crippen LogP contribution in [-0.2, 0) is 4.79 Å². The number of carboxylic acid groups (broad SMARTS) is 1. The Balaban J connectivity index is 1.54. The number of likely N-dealkylation sites (tertiary alicyclic amines) is 1. The molecule has 1 saturated carbocycles. The lowest BCUT2D eigenvalue weighted by Gasteiger charge is -2.36. The molecule has 26 heavy (non-hydrogen) atoms. The Bertz CT molecular complexity index is 615. The van der Waals surface area contributed by atoms with Gasteiger partial charge in [0, 0.05) is 24.7 Å². The van der Waals surface area contributed by atoms with Crippen LogP contribution < -0.4 is 0 Å². The monoisotopic (exact) mass is 358 g/mol. The molecule has 5 heteroatoms. The van der Waals surface area contributed by atoms with E-state index in [0.29, 0.717) is 19.0 Å². The second-order valence-electron chi connectivity index (χ2n) is 7.79. The Kier molecular flexibility index (Phi) is 6.30. The molecule has 3 rings (SSSR count). The van der Waals surface area contributed by atoms with Crippen LogP contribution in [0.4, 0.5) is 0 Å². The number of hydrogen-bond acceptors (Lipinski definition) is 3. The van der Waals surface area contributed by atoms with Gasteiger partial charge in [-0.25, -0.2) is 0 Å². The standard InChI is InChI=1S/C21H30N2O3/c1-22(15-20(24)25)19-11-13-23(14-12-19)21(26)18-9-7-17(8-10-18)16-5-3-2-4-6-16/h7-10,16,19H,2-6,11-15H2,1H3,(H,24,25). The number of nitrogens with zero attached hydrogens (tertiary/aromatic N) is 2. The lowest BCUT2D eigenvalue weighted by molar-refractivity contribution is -0.138. The van der Waals surface area contributed by atoms with Crippen molar-refractivity contribution < 1.29 is 14.7 Å². The third-order valence-corrected chi connectivity index (χ3v) is 5.99. The number of amides is 1. The van der Waals surface area contributed by atoms with E-state index in [1.54, 1.807) is 0 Å². The summed E-state index contributed by atoms with van der Waals surface area (Å²) in [7, 11) is 1.85. The molecule has 142 valence electrons. The third kappa shape index (κ3) is 4.64. The van der Waals surface area contributed by atoms with Gasteiger partial charge in [-0.2, -0.15) is 0 Å². The van der Waals surface area contributed by atoms with E-state index >= 15 is 0 Å². The largest absolute Gasteiger partial charge is 0.480 e. The van der Waals surface area contributed by atoms with Crippen molar-refractivity contribution in [3.05, 3.63) is 35.4 Å². The molecule has 1 heterocycles. The maximum Gasteiger partial charge on any atom is 0.317 e. The average molecular weight is 358 g/mol. The summed E-state index contributed by atoms with van der Waals surface area (Å²) < 4.78 is 0. The minimum Gasteiger partial charge on any atom is -0.480 e. The lowest BCUT2D eigenvalue weighted by Crippen LogP contribution is -2.46. The van der Waals surface area contributed by atoms with E-state index in [2.05, 4.69) is 12.1 Å². The zero-order valence-corrected chi connectivity index (χ0v) is 15.7. The Hall–Kier alpha value is -1.88. The number of carbonyl (C=O) groups is 2. The molecule has 0 unspecified atom stereocenters. The van der Waals surface area contributed by atoms with Crippen LogP contribution in [0, 0.1) is 0 Å². The molecule has 1 saturated heterocycles. The van der Waals surface area contributed by atoms with Crippen LogP contribution in [-0.4, -0.2) is 59.5 Å². The van der Waals surface area contributed by atoms with Crippen LogP contribution in [0.5, 0.6) is 0 Å². The molecular formula is C21H30N2O3. The quantitative estimate of drug-likeness (QED) is 0.877. The SMILES string of the molecule is CN(CC(=O)O)C1CCN(C(=O)c2ccc(C3CCCCC3)cc2)CC1. The van der Waals surface area contributed by atoms with Crippen LogP contribution >= 0.6 is 0 Å². The van der Waals surface area contributed by atoms with Crippen LogP contribution in [0.3, 0.4) is 0 Å². The van der Waals surface area contributed by atoms with Gasteiger partial charge in [-0.1, -0.05) is 31.4 Å². The fourth-order valence-electron chi connectivity index (χ4n) is 4.37.